The molecule has 0 radical (unpaired) electrons. The maximum atomic E-state index is 2.57. The van der Waals surface area contributed by atoms with Gasteiger partial charge in [-0.1, -0.05) is 36.4 Å². The lowest BCUT2D eigenvalue weighted by atomic mass is 10.1. The van der Waals surface area contributed by atoms with Crippen LogP contribution in [0.3, 0.4) is 0 Å². The molecule has 1 aromatic rings. The lowest BCUT2D eigenvalue weighted by molar-refractivity contribution is 0.279. The molecule has 2 nitrogen and oxygen atoms in total. The zero-order valence-electron chi connectivity index (χ0n) is 11.5. The molecule has 1 fully saturated rings. The number of para-hydroxylation sites is 1. The van der Waals surface area contributed by atoms with E-state index in [9.17, 15) is 0 Å². The lowest BCUT2D eigenvalue weighted by Crippen LogP contribution is -2.46. The highest BCUT2D eigenvalue weighted by Crippen LogP contribution is 2.17. The molecule has 0 aromatic heterocycles. The van der Waals surface area contributed by atoms with E-state index < -0.39 is 0 Å². The van der Waals surface area contributed by atoms with Gasteiger partial charge in [0.2, 0.25) is 0 Å². The predicted octanol–water partition coefficient (Wildman–Crippen LogP) is 3.09. The van der Waals surface area contributed by atoms with E-state index in [4.69, 9.17) is 0 Å². The minimum atomic E-state index is 1.12. The molecule has 19 heavy (non-hydrogen) atoms. The van der Waals surface area contributed by atoms with Gasteiger partial charge in [0, 0.05) is 38.4 Å². The second-order valence-electron chi connectivity index (χ2n) is 5.36. The van der Waals surface area contributed by atoms with Gasteiger partial charge in [-0.2, -0.15) is 0 Å². The van der Waals surface area contributed by atoms with Gasteiger partial charge in [-0.3, -0.25) is 4.90 Å². The Bertz CT molecular complexity index is 453. The Morgan fingerprint density at radius 2 is 1.68 bits per heavy atom. The van der Waals surface area contributed by atoms with E-state index in [-0.39, 0.29) is 0 Å². The number of nitrogens with zero attached hydrogens (tertiary/aromatic N) is 2. The normalized spacial score (nSPS) is 20.4. The predicted molar refractivity (Wildman–Crippen MR) is 81.6 cm³/mol. The van der Waals surface area contributed by atoms with Gasteiger partial charge in [0.1, 0.15) is 0 Å². The van der Waals surface area contributed by atoms with Gasteiger partial charge < -0.3 is 4.90 Å². The van der Waals surface area contributed by atoms with Crippen molar-refractivity contribution in [2.45, 2.75) is 12.8 Å². The molecule has 2 aliphatic rings. The van der Waals surface area contributed by atoms with Crippen LogP contribution in [-0.4, -0.2) is 37.6 Å². The summed E-state index contributed by atoms with van der Waals surface area (Å²) < 4.78 is 0. The maximum absolute atomic E-state index is 2.57. The molecule has 0 unspecified atom stereocenters. The third-order valence-electron chi connectivity index (χ3n) is 3.97. The first-order valence-electron chi connectivity index (χ1n) is 7.30. The van der Waals surface area contributed by atoms with Crippen molar-refractivity contribution in [2.75, 3.05) is 37.6 Å². The summed E-state index contributed by atoms with van der Waals surface area (Å²) in [4.78, 5) is 5.06. The molecule has 3 rings (SSSR count). The largest absolute Gasteiger partial charge is 0.369 e. The summed E-state index contributed by atoms with van der Waals surface area (Å²) in [6.45, 7) is 5.74. The lowest BCUT2D eigenvalue weighted by Gasteiger charge is -2.36. The molecule has 2 heteroatoms. The number of hydrogen-bond acceptors (Lipinski definition) is 2. The Hall–Kier alpha value is -1.54. The summed E-state index contributed by atoms with van der Waals surface area (Å²) in [6, 6.07) is 10.8. The quantitative estimate of drug-likeness (QED) is 0.818. The molecule has 0 N–H and O–H groups in total. The van der Waals surface area contributed by atoms with Crippen LogP contribution < -0.4 is 4.90 Å². The molecule has 1 saturated heterocycles. The van der Waals surface area contributed by atoms with Crippen molar-refractivity contribution in [3.8, 4) is 0 Å². The third-order valence-corrected chi connectivity index (χ3v) is 3.97. The van der Waals surface area contributed by atoms with Crippen molar-refractivity contribution in [1.29, 1.82) is 0 Å². The Balaban J connectivity index is 1.52. The molecule has 0 bridgehead atoms. The van der Waals surface area contributed by atoms with Gasteiger partial charge in [-0.15, -0.1) is 0 Å². The van der Waals surface area contributed by atoms with E-state index in [0.29, 0.717) is 0 Å². The second kappa shape index (κ2) is 6.07. The number of hydrogen-bond donors (Lipinski definition) is 0. The zero-order valence-corrected chi connectivity index (χ0v) is 11.5. The fourth-order valence-electron chi connectivity index (χ4n) is 2.85. The van der Waals surface area contributed by atoms with Crippen LogP contribution in [0.4, 0.5) is 5.69 Å². The number of allylic oxidation sites excluding steroid dienone is 2. The van der Waals surface area contributed by atoms with Crippen LogP contribution in [0.1, 0.15) is 12.8 Å². The fraction of sp³-hybridized carbons (Fsp3) is 0.412. The zero-order chi connectivity index (χ0) is 12.9. The fourth-order valence-corrected chi connectivity index (χ4v) is 2.85. The van der Waals surface area contributed by atoms with E-state index in [0.717, 1.165) is 19.6 Å². The first-order chi connectivity index (χ1) is 9.42. The number of benzene rings is 1. The van der Waals surface area contributed by atoms with Crippen molar-refractivity contribution in [1.82, 2.24) is 4.90 Å². The van der Waals surface area contributed by atoms with Gasteiger partial charge in [-0.05, 0) is 30.5 Å². The average Bonchev–Trinajstić information content (AvgIpc) is 2.50. The SMILES string of the molecule is C1=CC(CN2CCN(c3ccccc3)CC2)=CCC1. The van der Waals surface area contributed by atoms with E-state index in [1.165, 1.54) is 37.2 Å². The van der Waals surface area contributed by atoms with Crippen LogP contribution in [0, 0.1) is 0 Å². The minimum absolute atomic E-state index is 1.12. The molecule has 1 aromatic carbocycles. The highest BCUT2D eigenvalue weighted by Gasteiger charge is 2.17. The Morgan fingerprint density at radius 3 is 2.37 bits per heavy atom. The van der Waals surface area contributed by atoms with Crippen molar-refractivity contribution in [2.24, 2.45) is 0 Å². The smallest absolute Gasteiger partial charge is 0.0367 e. The monoisotopic (exact) mass is 254 g/mol. The maximum Gasteiger partial charge on any atom is 0.0367 e. The molecule has 1 heterocycles. The van der Waals surface area contributed by atoms with Gasteiger partial charge >= 0.3 is 0 Å². The van der Waals surface area contributed by atoms with Crippen LogP contribution in [0.2, 0.25) is 0 Å². The minimum Gasteiger partial charge on any atom is -0.369 e. The van der Waals surface area contributed by atoms with Crippen molar-refractivity contribution in [3.63, 3.8) is 0 Å². The molecule has 1 aliphatic carbocycles. The van der Waals surface area contributed by atoms with Crippen molar-refractivity contribution in [3.05, 3.63) is 54.1 Å². The molecule has 1 aliphatic heterocycles. The average molecular weight is 254 g/mol. The molecule has 0 spiro atoms. The van der Waals surface area contributed by atoms with Gasteiger partial charge in [-0.25, -0.2) is 0 Å². The number of piperazine rings is 1. The molecule has 0 saturated carbocycles. The van der Waals surface area contributed by atoms with E-state index in [1.54, 1.807) is 0 Å². The number of anilines is 1. The van der Waals surface area contributed by atoms with Crippen LogP contribution in [0.25, 0.3) is 0 Å². The molecule has 0 amide bonds. The summed E-state index contributed by atoms with van der Waals surface area (Å²) in [6.07, 6.45) is 9.42. The topological polar surface area (TPSA) is 6.48 Å². The standard InChI is InChI=1S/C17H22N2/c1-3-7-16(8-4-1)15-18-11-13-19(14-12-18)17-9-5-2-6-10-17/h2-3,5-10H,1,4,11-15H2. The molecule has 100 valence electrons. The summed E-state index contributed by atoms with van der Waals surface area (Å²) >= 11 is 0. The summed E-state index contributed by atoms with van der Waals surface area (Å²) in [7, 11) is 0. The summed E-state index contributed by atoms with van der Waals surface area (Å²) in [5.74, 6) is 0. The van der Waals surface area contributed by atoms with Crippen LogP contribution in [0.15, 0.2) is 54.1 Å². The van der Waals surface area contributed by atoms with Crippen LogP contribution in [0.5, 0.6) is 0 Å². The summed E-state index contributed by atoms with van der Waals surface area (Å²) in [5, 5.41) is 0. The Labute approximate surface area is 116 Å². The van der Waals surface area contributed by atoms with Gasteiger partial charge in [0.15, 0.2) is 0 Å². The van der Waals surface area contributed by atoms with Gasteiger partial charge in [0.25, 0.3) is 0 Å². The highest BCUT2D eigenvalue weighted by atomic mass is 15.3. The van der Waals surface area contributed by atoms with E-state index >= 15 is 0 Å². The van der Waals surface area contributed by atoms with Crippen molar-refractivity contribution < 1.29 is 0 Å². The number of rotatable bonds is 3. The second-order valence-corrected chi connectivity index (χ2v) is 5.36. The third kappa shape index (κ3) is 3.27. The molecule has 0 atom stereocenters. The first kappa shape index (κ1) is 12.5. The van der Waals surface area contributed by atoms with Crippen molar-refractivity contribution >= 4 is 5.69 Å². The molecular formula is C17H22N2. The van der Waals surface area contributed by atoms with E-state index in [2.05, 4.69) is 58.4 Å². The van der Waals surface area contributed by atoms with Gasteiger partial charge in [0.05, 0.1) is 0 Å². The molecular weight excluding hydrogens is 232 g/mol. The summed E-state index contributed by atoms with van der Waals surface area (Å²) in [5.41, 5.74) is 2.86. The first-order valence-corrected chi connectivity index (χ1v) is 7.30. The van der Waals surface area contributed by atoms with Crippen LogP contribution in [-0.2, 0) is 0 Å². The Morgan fingerprint density at radius 1 is 0.895 bits per heavy atom. The highest BCUT2D eigenvalue weighted by molar-refractivity contribution is 5.46. The van der Waals surface area contributed by atoms with E-state index in [1.807, 2.05) is 0 Å². The van der Waals surface area contributed by atoms with Crippen LogP contribution >= 0.6 is 0 Å². The Kier molecular flexibility index (Phi) is 3.99.